The third-order valence-electron chi connectivity index (χ3n) is 4.02. The zero-order chi connectivity index (χ0) is 29.4. The minimum atomic E-state index is -1.08. The van der Waals surface area contributed by atoms with Crippen LogP contribution >= 0.6 is 0 Å². The molecule has 0 aliphatic rings. The van der Waals surface area contributed by atoms with E-state index < -0.39 is 23.9 Å². The molecule has 0 fully saturated rings. The Hall–Kier alpha value is -3.72. The van der Waals surface area contributed by atoms with Crippen molar-refractivity contribution in [1.29, 1.82) is 0 Å². The van der Waals surface area contributed by atoms with E-state index in [2.05, 4.69) is 20.8 Å². The highest BCUT2D eigenvalue weighted by atomic mass is 16.4. The second kappa shape index (κ2) is 26.3. The van der Waals surface area contributed by atoms with Crippen LogP contribution < -0.4 is 5.73 Å². The van der Waals surface area contributed by atoms with Crippen molar-refractivity contribution < 1.29 is 39.6 Å². The molecule has 0 aliphatic heterocycles. The fourth-order valence-corrected chi connectivity index (χ4v) is 2.18. The Morgan fingerprint density at radius 3 is 1.08 bits per heavy atom. The predicted octanol–water partition coefficient (Wildman–Crippen LogP) is 6.37. The summed E-state index contributed by atoms with van der Waals surface area (Å²) in [6.07, 6.45) is 2.11. The predicted molar refractivity (Wildman–Crippen MR) is 152 cm³/mol. The van der Waals surface area contributed by atoms with Crippen molar-refractivity contribution in [2.75, 3.05) is 6.54 Å². The molecule has 0 amide bonds. The first-order valence-electron chi connectivity index (χ1n) is 11.9. The molecule has 0 saturated heterocycles. The third kappa shape index (κ3) is 30.3. The molecule has 2 aromatic rings. The molecule has 2 aromatic carbocycles. The molecule has 0 aromatic heterocycles. The Bertz CT molecular complexity index is 822. The Morgan fingerprint density at radius 1 is 0.684 bits per heavy atom. The maximum Gasteiger partial charge on any atom is 0.335 e. The number of nitrogens with two attached hydrogens (primary N) is 1. The number of aryl methyl sites for hydroxylation is 2. The van der Waals surface area contributed by atoms with Gasteiger partial charge in [0.1, 0.15) is 0 Å². The van der Waals surface area contributed by atoms with Gasteiger partial charge in [-0.3, -0.25) is 9.59 Å². The van der Waals surface area contributed by atoms with Gasteiger partial charge in [0, 0.05) is 0 Å². The first kappa shape index (κ1) is 41.4. The first-order valence-corrected chi connectivity index (χ1v) is 11.9. The molecule has 2 rings (SSSR count). The number of rotatable bonds is 7. The molecule has 38 heavy (non-hydrogen) atoms. The smallest absolute Gasteiger partial charge is 0.335 e. The van der Waals surface area contributed by atoms with Crippen molar-refractivity contribution in [1.82, 2.24) is 0 Å². The van der Waals surface area contributed by atoms with Gasteiger partial charge in [-0.05, 0) is 50.6 Å². The lowest BCUT2D eigenvalue weighted by Gasteiger charge is -1.95. The summed E-state index contributed by atoms with van der Waals surface area (Å²) < 4.78 is 0. The summed E-state index contributed by atoms with van der Waals surface area (Å²) in [6.45, 7) is 13.2. The monoisotopic (exact) mass is 537 g/mol. The van der Waals surface area contributed by atoms with Crippen LogP contribution in [0.15, 0.2) is 48.5 Å². The van der Waals surface area contributed by atoms with E-state index in [0.717, 1.165) is 23.6 Å². The third-order valence-corrected chi connectivity index (χ3v) is 4.02. The molecule has 0 unspecified atom stereocenters. The molecular formula is C29H47NO8. The second-order valence-corrected chi connectivity index (χ2v) is 8.22. The Labute approximate surface area is 227 Å². The summed E-state index contributed by atoms with van der Waals surface area (Å²) in [5.41, 5.74) is 7.67. The van der Waals surface area contributed by atoms with Crippen LogP contribution in [0.4, 0.5) is 0 Å². The van der Waals surface area contributed by atoms with Gasteiger partial charge < -0.3 is 26.2 Å². The largest absolute Gasteiger partial charge is 0.481 e. The van der Waals surface area contributed by atoms with Gasteiger partial charge in [-0.25, -0.2) is 9.59 Å². The van der Waals surface area contributed by atoms with Crippen molar-refractivity contribution >= 4 is 23.9 Å². The lowest BCUT2D eigenvalue weighted by atomic mass is 10.1. The van der Waals surface area contributed by atoms with Crippen molar-refractivity contribution in [3.05, 3.63) is 70.8 Å². The van der Waals surface area contributed by atoms with E-state index in [1.54, 1.807) is 48.5 Å². The summed E-state index contributed by atoms with van der Waals surface area (Å²) in [5, 5.41) is 32.7. The minimum Gasteiger partial charge on any atom is -0.481 e. The fraction of sp³-hybridized carbons (Fsp3) is 0.448. The zero-order valence-corrected chi connectivity index (χ0v) is 22.7. The van der Waals surface area contributed by atoms with Crippen LogP contribution in [0.25, 0.3) is 0 Å². The van der Waals surface area contributed by atoms with E-state index in [0.29, 0.717) is 11.1 Å². The quantitative estimate of drug-likeness (QED) is 0.269. The van der Waals surface area contributed by atoms with E-state index >= 15 is 0 Å². The Morgan fingerprint density at radius 2 is 0.947 bits per heavy atom. The number of aliphatic carboxylic acids is 2. The molecule has 0 atom stereocenters. The van der Waals surface area contributed by atoms with Gasteiger partial charge in [0.25, 0.3) is 0 Å². The van der Waals surface area contributed by atoms with Gasteiger partial charge in [-0.15, -0.1) is 0 Å². The van der Waals surface area contributed by atoms with Gasteiger partial charge in [0.05, 0.1) is 24.0 Å². The van der Waals surface area contributed by atoms with Crippen LogP contribution in [0, 0.1) is 19.8 Å². The fourth-order valence-electron chi connectivity index (χ4n) is 2.18. The molecule has 9 heteroatoms. The average molecular weight is 538 g/mol. The maximum absolute atomic E-state index is 10.3. The highest BCUT2D eigenvalue weighted by Gasteiger charge is 2.01. The van der Waals surface area contributed by atoms with Crippen molar-refractivity contribution in [2.24, 2.45) is 11.7 Å². The lowest BCUT2D eigenvalue weighted by molar-refractivity contribution is -0.143. The number of carboxylic acids is 4. The van der Waals surface area contributed by atoms with Gasteiger partial charge in [-0.2, -0.15) is 0 Å². The highest BCUT2D eigenvalue weighted by Crippen LogP contribution is 2.03. The second-order valence-electron chi connectivity index (χ2n) is 8.22. The number of aromatic carboxylic acids is 2. The average Bonchev–Trinajstić information content (AvgIpc) is 2.80. The van der Waals surface area contributed by atoms with E-state index in [-0.39, 0.29) is 20.3 Å². The van der Waals surface area contributed by atoms with E-state index in [1.807, 2.05) is 20.8 Å². The van der Waals surface area contributed by atoms with Gasteiger partial charge >= 0.3 is 23.9 Å². The van der Waals surface area contributed by atoms with Crippen LogP contribution in [-0.2, 0) is 9.59 Å². The summed E-state index contributed by atoms with van der Waals surface area (Å²) >= 11 is 0. The molecule has 0 radical (unpaired) electrons. The Kier molecular flexibility index (Phi) is 28.7. The number of carbonyl (C=O) groups is 4. The summed E-state index contributed by atoms with van der Waals surface area (Å²) in [7, 11) is 0. The van der Waals surface area contributed by atoms with Crippen LogP contribution in [-0.4, -0.2) is 50.8 Å². The van der Waals surface area contributed by atoms with Crippen LogP contribution in [0.5, 0.6) is 0 Å². The molecular weight excluding hydrogens is 490 g/mol. The van der Waals surface area contributed by atoms with E-state index in [4.69, 9.17) is 26.2 Å². The SMILES string of the molecule is C.CCCC(C)C.CCN.Cc1ccc(C(=O)O)cc1.Cc1ccc(C(=O)O)cc1.O=C(O)CCC(=O)O. The summed E-state index contributed by atoms with van der Waals surface area (Å²) in [4.78, 5) is 39.9. The van der Waals surface area contributed by atoms with Crippen LogP contribution in [0.2, 0.25) is 0 Å². The summed E-state index contributed by atoms with van der Waals surface area (Å²) in [5.74, 6) is -3.00. The van der Waals surface area contributed by atoms with Gasteiger partial charge in [0.2, 0.25) is 0 Å². The maximum atomic E-state index is 10.3. The molecule has 6 N–H and O–H groups in total. The standard InChI is InChI=1S/2C8H8O2.C6H14.C4H6O4.C2H7N.CH4/c2*1-6-2-4-7(5-3-6)8(9)10;1-4-5-6(2)3;5-3(6)1-2-4(7)8;1-2-3;/h2*2-5H,1H3,(H,9,10);6H,4-5H2,1-3H3;1-2H2,(H,5,6)(H,7,8);2-3H2,1H3;1H4. The molecule has 0 saturated carbocycles. The Balaban J connectivity index is -0.000000197. The zero-order valence-electron chi connectivity index (χ0n) is 22.7. The van der Waals surface area contributed by atoms with E-state index in [1.165, 1.54) is 12.8 Å². The van der Waals surface area contributed by atoms with Crippen LogP contribution in [0.3, 0.4) is 0 Å². The number of carboxylic acid groups (broad SMARTS) is 4. The lowest BCUT2D eigenvalue weighted by Crippen LogP contribution is -2.00. The van der Waals surface area contributed by atoms with Crippen LogP contribution in [0.1, 0.15) is 92.6 Å². The molecule has 0 spiro atoms. The molecule has 0 aliphatic carbocycles. The van der Waals surface area contributed by atoms with Crippen molar-refractivity contribution in [2.45, 2.75) is 74.7 Å². The molecule has 0 heterocycles. The van der Waals surface area contributed by atoms with Crippen molar-refractivity contribution in [3.63, 3.8) is 0 Å². The van der Waals surface area contributed by atoms with Crippen molar-refractivity contribution in [3.8, 4) is 0 Å². The highest BCUT2D eigenvalue weighted by molar-refractivity contribution is 5.87. The molecule has 216 valence electrons. The number of hydrogen-bond acceptors (Lipinski definition) is 5. The molecule has 0 bridgehead atoms. The molecule has 9 nitrogen and oxygen atoms in total. The first-order chi connectivity index (χ1) is 17.2. The van der Waals surface area contributed by atoms with Gasteiger partial charge in [-0.1, -0.05) is 83.4 Å². The topological polar surface area (TPSA) is 175 Å². The normalized spacial score (nSPS) is 8.74. The number of benzene rings is 2. The van der Waals surface area contributed by atoms with Gasteiger partial charge in [0.15, 0.2) is 0 Å². The minimum absolute atomic E-state index is 0. The van der Waals surface area contributed by atoms with E-state index in [9.17, 15) is 19.2 Å². The summed E-state index contributed by atoms with van der Waals surface area (Å²) in [6, 6.07) is 13.5. The number of hydrogen-bond donors (Lipinski definition) is 5.